The Kier molecular flexibility index (Phi) is 3.74. The van der Waals surface area contributed by atoms with E-state index in [0.29, 0.717) is 13.1 Å². The smallest absolute Gasteiger partial charge is 0.324 e. The molecular formula is C14H18N2O3. The monoisotopic (exact) mass is 262 g/mol. The average Bonchev–Trinajstić information content (AvgIpc) is 2.32. The molecule has 0 aliphatic carbocycles. The maximum atomic E-state index is 12.2. The SMILES string of the molecule is Cc1ccccc1N(C)C(=O)N1CC(CC(=O)O)C1. The van der Waals surface area contributed by atoms with Crippen LogP contribution in [0.3, 0.4) is 0 Å². The highest BCUT2D eigenvalue weighted by Crippen LogP contribution is 2.24. The predicted octanol–water partition coefficient (Wildman–Crippen LogP) is 1.96. The molecule has 0 spiro atoms. The third kappa shape index (κ3) is 2.86. The van der Waals surface area contributed by atoms with Crippen molar-refractivity contribution in [3.8, 4) is 0 Å². The lowest BCUT2D eigenvalue weighted by Crippen LogP contribution is -2.54. The fraction of sp³-hybridized carbons (Fsp3) is 0.429. The van der Waals surface area contributed by atoms with Crippen molar-refractivity contribution in [3.63, 3.8) is 0 Å². The van der Waals surface area contributed by atoms with Gasteiger partial charge in [-0.15, -0.1) is 0 Å². The summed E-state index contributed by atoms with van der Waals surface area (Å²) in [6.45, 7) is 3.02. The zero-order chi connectivity index (χ0) is 14.0. The second-order valence-electron chi connectivity index (χ2n) is 5.00. The van der Waals surface area contributed by atoms with Crippen molar-refractivity contribution in [2.75, 3.05) is 25.0 Å². The molecule has 1 N–H and O–H groups in total. The molecule has 1 heterocycles. The van der Waals surface area contributed by atoms with Gasteiger partial charge in [-0.25, -0.2) is 4.79 Å². The van der Waals surface area contributed by atoms with Crippen LogP contribution in [-0.4, -0.2) is 42.1 Å². The Morgan fingerprint density at radius 3 is 2.58 bits per heavy atom. The molecule has 1 aliphatic rings. The van der Waals surface area contributed by atoms with Crippen molar-refractivity contribution in [3.05, 3.63) is 29.8 Å². The minimum absolute atomic E-state index is 0.0732. The molecule has 0 bridgehead atoms. The number of urea groups is 1. The minimum Gasteiger partial charge on any atom is -0.481 e. The van der Waals surface area contributed by atoms with E-state index in [4.69, 9.17) is 5.11 Å². The maximum absolute atomic E-state index is 12.2. The molecule has 102 valence electrons. The molecule has 2 amide bonds. The van der Waals surface area contributed by atoms with Crippen LogP contribution in [0.2, 0.25) is 0 Å². The van der Waals surface area contributed by atoms with E-state index < -0.39 is 5.97 Å². The number of amides is 2. The first-order chi connectivity index (χ1) is 8.99. The first-order valence-electron chi connectivity index (χ1n) is 6.29. The molecule has 0 aromatic heterocycles. The second kappa shape index (κ2) is 5.30. The number of benzene rings is 1. The Morgan fingerprint density at radius 2 is 2.00 bits per heavy atom. The molecule has 2 rings (SSSR count). The van der Waals surface area contributed by atoms with Crippen LogP contribution in [0.1, 0.15) is 12.0 Å². The molecule has 1 aromatic carbocycles. The molecule has 0 radical (unpaired) electrons. The van der Waals surface area contributed by atoms with Crippen molar-refractivity contribution >= 4 is 17.7 Å². The Morgan fingerprint density at radius 1 is 1.37 bits per heavy atom. The summed E-state index contributed by atoms with van der Waals surface area (Å²) in [5.41, 5.74) is 1.93. The Labute approximate surface area is 112 Å². The predicted molar refractivity (Wildman–Crippen MR) is 72.3 cm³/mol. The molecule has 5 heteroatoms. The number of hydrogen-bond donors (Lipinski definition) is 1. The van der Waals surface area contributed by atoms with Crippen molar-refractivity contribution in [1.29, 1.82) is 0 Å². The Hall–Kier alpha value is -2.04. The number of aliphatic carboxylic acids is 1. The van der Waals surface area contributed by atoms with Gasteiger partial charge in [0, 0.05) is 31.7 Å². The third-order valence-electron chi connectivity index (χ3n) is 3.45. The van der Waals surface area contributed by atoms with Crippen LogP contribution in [0, 0.1) is 12.8 Å². The summed E-state index contributed by atoms with van der Waals surface area (Å²) < 4.78 is 0. The summed E-state index contributed by atoms with van der Waals surface area (Å²) in [5.74, 6) is -0.712. The maximum Gasteiger partial charge on any atom is 0.324 e. The third-order valence-corrected chi connectivity index (χ3v) is 3.45. The van der Waals surface area contributed by atoms with Crippen LogP contribution in [0.15, 0.2) is 24.3 Å². The first kappa shape index (κ1) is 13.4. The molecule has 0 saturated carbocycles. The van der Waals surface area contributed by atoms with Crippen molar-refractivity contribution in [1.82, 2.24) is 4.90 Å². The van der Waals surface area contributed by atoms with Crippen LogP contribution in [0.5, 0.6) is 0 Å². The van der Waals surface area contributed by atoms with Gasteiger partial charge in [-0.1, -0.05) is 18.2 Å². The number of carbonyl (C=O) groups excluding carboxylic acids is 1. The highest BCUT2D eigenvalue weighted by molar-refractivity contribution is 5.92. The van der Waals surface area contributed by atoms with Crippen LogP contribution in [-0.2, 0) is 4.79 Å². The van der Waals surface area contributed by atoms with Gasteiger partial charge in [-0.05, 0) is 18.6 Å². The quantitative estimate of drug-likeness (QED) is 0.905. The van der Waals surface area contributed by atoms with E-state index in [0.717, 1.165) is 11.3 Å². The number of carboxylic acid groups (broad SMARTS) is 1. The second-order valence-corrected chi connectivity index (χ2v) is 5.00. The zero-order valence-corrected chi connectivity index (χ0v) is 11.2. The number of carboxylic acids is 1. The number of likely N-dealkylation sites (tertiary alicyclic amines) is 1. The highest BCUT2D eigenvalue weighted by atomic mass is 16.4. The van der Waals surface area contributed by atoms with Gasteiger partial charge in [0.2, 0.25) is 0 Å². The fourth-order valence-corrected chi connectivity index (χ4v) is 2.36. The van der Waals surface area contributed by atoms with Gasteiger partial charge < -0.3 is 10.0 Å². The number of aryl methyl sites for hydroxylation is 1. The normalized spacial score (nSPS) is 14.9. The standard InChI is InChI=1S/C14H18N2O3/c1-10-5-3-4-6-12(10)15(2)14(19)16-8-11(9-16)7-13(17)18/h3-6,11H,7-9H2,1-2H3,(H,17,18). The minimum atomic E-state index is -0.802. The van der Waals surface area contributed by atoms with E-state index in [9.17, 15) is 9.59 Å². The van der Waals surface area contributed by atoms with Crippen LogP contribution in [0.25, 0.3) is 0 Å². The molecular weight excluding hydrogens is 244 g/mol. The van der Waals surface area contributed by atoms with Crippen LogP contribution < -0.4 is 4.90 Å². The largest absolute Gasteiger partial charge is 0.481 e. The van der Waals surface area contributed by atoms with Gasteiger partial charge in [0.25, 0.3) is 0 Å². The lowest BCUT2D eigenvalue weighted by molar-refractivity contribution is -0.139. The van der Waals surface area contributed by atoms with Gasteiger partial charge in [0.15, 0.2) is 0 Å². The molecule has 1 aromatic rings. The molecule has 19 heavy (non-hydrogen) atoms. The number of rotatable bonds is 3. The number of hydrogen-bond acceptors (Lipinski definition) is 2. The van der Waals surface area contributed by atoms with E-state index in [1.807, 2.05) is 31.2 Å². The molecule has 5 nitrogen and oxygen atoms in total. The zero-order valence-electron chi connectivity index (χ0n) is 11.2. The molecule has 1 saturated heterocycles. The number of para-hydroxylation sites is 1. The van der Waals surface area contributed by atoms with E-state index in [-0.39, 0.29) is 18.4 Å². The fourth-order valence-electron chi connectivity index (χ4n) is 2.36. The summed E-state index contributed by atoms with van der Waals surface area (Å²) in [6.07, 6.45) is 0.137. The average molecular weight is 262 g/mol. The van der Waals surface area contributed by atoms with E-state index in [1.54, 1.807) is 16.8 Å². The van der Waals surface area contributed by atoms with Crippen molar-refractivity contribution in [2.24, 2.45) is 5.92 Å². The lowest BCUT2D eigenvalue weighted by atomic mass is 9.97. The Balaban J connectivity index is 1.95. The van der Waals surface area contributed by atoms with Gasteiger partial charge in [-0.2, -0.15) is 0 Å². The number of nitrogens with zero attached hydrogens (tertiary/aromatic N) is 2. The summed E-state index contributed by atoms with van der Waals surface area (Å²) in [6, 6.07) is 7.62. The first-order valence-corrected chi connectivity index (χ1v) is 6.29. The summed E-state index contributed by atoms with van der Waals surface area (Å²) in [4.78, 5) is 26.1. The van der Waals surface area contributed by atoms with Gasteiger partial charge in [0.05, 0.1) is 6.42 Å². The summed E-state index contributed by atoms with van der Waals surface area (Å²) in [5, 5.41) is 8.68. The van der Waals surface area contributed by atoms with E-state index in [1.165, 1.54) is 0 Å². The number of anilines is 1. The van der Waals surface area contributed by atoms with Crippen LogP contribution in [0.4, 0.5) is 10.5 Å². The summed E-state index contributed by atoms with van der Waals surface area (Å²) in [7, 11) is 1.75. The number of carbonyl (C=O) groups is 2. The Bertz CT molecular complexity index is 495. The van der Waals surface area contributed by atoms with E-state index in [2.05, 4.69) is 0 Å². The lowest BCUT2D eigenvalue weighted by Gasteiger charge is -2.40. The molecule has 0 atom stereocenters. The van der Waals surface area contributed by atoms with Crippen molar-refractivity contribution < 1.29 is 14.7 Å². The van der Waals surface area contributed by atoms with Crippen LogP contribution >= 0.6 is 0 Å². The van der Waals surface area contributed by atoms with E-state index >= 15 is 0 Å². The highest BCUT2D eigenvalue weighted by Gasteiger charge is 2.33. The molecule has 1 fully saturated rings. The van der Waals surface area contributed by atoms with Crippen molar-refractivity contribution in [2.45, 2.75) is 13.3 Å². The molecule has 1 aliphatic heterocycles. The molecule has 0 unspecified atom stereocenters. The van der Waals surface area contributed by atoms with Gasteiger partial charge in [-0.3, -0.25) is 9.69 Å². The van der Waals surface area contributed by atoms with Gasteiger partial charge in [0.1, 0.15) is 0 Å². The summed E-state index contributed by atoms with van der Waals surface area (Å²) >= 11 is 0. The topological polar surface area (TPSA) is 60.9 Å². The van der Waals surface area contributed by atoms with Gasteiger partial charge >= 0.3 is 12.0 Å².